The molecule has 3 heteroatoms. The predicted octanol–water partition coefficient (Wildman–Crippen LogP) is 4.06. The minimum atomic E-state index is -0.0803. The highest BCUT2D eigenvalue weighted by Crippen LogP contribution is 2.24. The van der Waals surface area contributed by atoms with Crippen molar-refractivity contribution in [3.63, 3.8) is 0 Å². The summed E-state index contributed by atoms with van der Waals surface area (Å²) < 4.78 is 0. The third-order valence-electron chi connectivity index (χ3n) is 3.76. The highest BCUT2D eigenvalue weighted by Gasteiger charge is 2.28. The molecule has 0 aliphatic carbocycles. The molecule has 110 valence electrons. The molecule has 0 fully saturated rings. The molecule has 0 radical (unpaired) electrons. The van der Waals surface area contributed by atoms with Gasteiger partial charge in [0.15, 0.2) is 0 Å². The Kier molecular flexibility index (Phi) is 3.88. The summed E-state index contributed by atoms with van der Waals surface area (Å²) in [7, 11) is 0. The second-order valence-corrected chi connectivity index (χ2v) is 5.29. The van der Waals surface area contributed by atoms with Gasteiger partial charge in [-0.2, -0.15) is 10.1 Å². The molecule has 0 atom stereocenters. The second kappa shape index (κ2) is 5.98. The lowest BCUT2D eigenvalue weighted by Gasteiger charge is -2.11. The molecule has 0 bridgehead atoms. The summed E-state index contributed by atoms with van der Waals surface area (Å²) in [4.78, 5) is 12.6. The minimum absolute atomic E-state index is 0.0803. The van der Waals surface area contributed by atoms with Crippen molar-refractivity contribution in [1.29, 1.82) is 0 Å². The van der Waals surface area contributed by atoms with Gasteiger partial charge in [0.25, 0.3) is 5.91 Å². The van der Waals surface area contributed by atoms with E-state index in [9.17, 15) is 4.79 Å². The number of hydrogen-bond acceptors (Lipinski definition) is 2. The molecule has 2 aromatic rings. The third-order valence-corrected chi connectivity index (χ3v) is 3.76. The molecule has 3 rings (SSSR count). The topological polar surface area (TPSA) is 32.7 Å². The number of nitrogens with zero attached hydrogens (tertiary/aromatic N) is 2. The summed E-state index contributed by atoms with van der Waals surface area (Å²) in [6.07, 6.45) is 2.92. The molecule has 0 saturated heterocycles. The van der Waals surface area contributed by atoms with Crippen molar-refractivity contribution in [3.8, 4) is 0 Å². The van der Waals surface area contributed by atoms with Gasteiger partial charge in [-0.05, 0) is 42.7 Å². The van der Waals surface area contributed by atoms with Gasteiger partial charge < -0.3 is 0 Å². The summed E-state index contributed by atoms with van der Waals surface area (Å²) >= 11 is 0. The number of carbonyl (C=O) groups is 1. The van der Waals surface area contributed by atoms with Crippen LogP contribution >= 0.6 is 0 Å². The number of para-hydroxylation sites is 1. The molecule has 0 saturated carbocycles. The van der Waals surface area contributed by atoms with Crippen molar-refractivity contribution < 1.29 is 4.79 Å². The Bertz CT molecular complexity index is 743. The molecule has 0 spiro atoms. The number of hydrazone groups is 1. The van der Waals surface area contributed by atoms with Gasteiger partial charge in [0, 0.05) is 0 Å². The van der Waals surface area contributed by atoms with Crippen molar-refractivity contribution in [2.24, 2.45) is 5.10 Å². The van der Waals surface area contributed by atoms with Crippen molar-refractivity contribution in [2.75, 3.05) is 5.01 Å². The molecule has 1 aliphatic rings. The van der Waals surface area contributed by atoms with E-state index < -0.39 is 0 Å². The van der Waals surface area contributed by atoms with E-state index in [2.05, 4.69) is 24.2 Å². The van der Waals surface area contributed by atoms with E-state index in [0.717, 1.165) is 23.4 Å². The smallest absolute Gasteiger partial charge is 0.267 e. The van der Waals surface area contributed by atoms with Crippen molar-refractivity contribution in [1.82, 2.24) is 0 Å². The highest BCUT2D eigenvalue weighted by molar-refractivity contribution is 6.32. The summed E-state index contributed by atoms with van der Waals surface area (Å²) in [5, 5.41) is 5.84. The van der Waals surface area contributed by atoms with Gasteiger partial charge in [0.05, 0.1) is 17.0 Å². The number of rotatable bonds is 3. The molecule has 1 heterocycles. The van der Waals surface area contributed by atoms with E-state index in [1.165, 1.54) is 10.6 Å². The molecule has 0 N–H and O–H groups in total. The summed E-state index contributed by atoms with van der Waals surface area (Å²) in [5.74, 6) is -0.0803. The molecule has 0 unspecified atom stereocenters. The largest absolute Gasteiger partial charge is 0.280 e. The third kappa shape index (κ3) is 2.70. The lowest BCUT2D eigenvalue weighted by molar-refractivity contribution is -0.114. The monoisotopic (exact) mass is 290 g/mol. The molecule has 0 aromatic heterocycles. The molecule has 22 heavy (non-hydrogen) atoms. The van der Waals surface area contributed by atoms with E-state index in [0.29, 0.717) is 5.57 Å². The van der Waals surface area contributed by atoms with Gasteiger partial charge in [-0.15, -0.1) is 0 Å². The fourth-order valence-corrected chi connectivity index (χ4v) is 2.44. The van der Waals surface area contributed by atoms with E-state index >= 15 is 0 Å². The fraction of sp³-hybridized carbons (Fsp3) is 0.158. The van der Waals surface area contributed by atoms with Crippen LogP contribution in [0.4, 0.5) is 5.69 Å². The van der Waals surface area contributed by atoms with Crippen molar-refractivity contribution in [2.45, 2.75) is 20.3 Å². The van der Waals surface area contributed by atoms with Gasteiger partial charge in [-0.1, -0.05) is 49.4 Å². The van der Waals surface area contributed by atoms with Crippen LogP contribution in [0, 0.1) is 0 Å². The van der Waals surface area contributed by atoms with Gasteiger partial charge in [-0.25, -0.2) is 0 Å². The average molecular weight is 290 g/mol. The average Bonchev–Trinajstić information content (AvgIpc) is 2.84. The SMILES string of the molecule is CCc1ccc(/C=C2/C(=O)N(c3ccccc3)N=C2C)cc1. The van der Waals surface area contributed by atoms with Crippen LogP contribution in [0.2, 0.25) is 0 Å². The Morgan fingerprint density at radius 1 is 1.05 bits per heavy atom. The Balaban J connectivity index is 1.90. The number of carbonyl (C=O) groups excluding carboxylic acids is 1. The fourth-order valence-electron chi connectivity index (χ4n) is 2.44. The van der Waals surface area contributed by atoms with Gasteiger partial charge in [0.1, 0.15) is 0 Å². The van der Waals surface area contributed by atoms with E-state index in [1.807, 2.05) is 55.5 Å². The molecule has 1 aliphatic heterocycles. The van der Waals surface area contributed by atoms with Crippen molar-refractivity contribution >= 4 is 23.4 Å². The maximum absolute atomic E-state index is 12.6. The van der Waals surface area contributed by atoms with E-state index in [4.69, 9.17) is 0 Å². The minimum Gasteiger partial charge on any atom is -0.267 e. The molecule has 1 amide bonds. The normalized spacial score (nSPS) is 16.3. The predicted molar refractivity (Wildman–Crippen MR) is 90.8 cm³/mol. The number of benzene rings is 2. The van der Waals surface area contributed by atoms with E-state index in [-0.39, 0.29) is 5.91 Å². The molecular weight excluding hydrogens is 272 g/mol. The van der Waals surface area contributed by atoms with Gasteiger partial charge >= 0.3 is 0 Å². The highest BCUT2D eigenvalue weighted by atomic mass is 16.2. The first-order valence-corrected chi connectivity index (χ1v) is 7.45. The molecular formula is C19H18N2O. The summed E-state index contributed by atoms with van der Waals surface area (Å²) in [5.41, 5.74) is 4.49. The van der Waals surface area contributed by atoms with Crippen molar-refractivity contribution in [3.05, 3.63) is 71.3 Å². The zero-order valence-corrected chi connectivity index (χ0v) is 12.8. The zero-order chi connectivity index (χ0) is 15.5. The Hall–Kier alpha value is -2.68. The standard InChI is InChI=1S/C19H18N2O/c1-3-15-9-11-16(12-10-15)13-18-14(2)20-21(19(18)22)17-7-5-4-6-8-17/h4-13H,3H2,1-2H3/b18-13+. The van der Waals surface area contributed by atoms with Crippen LogP contribution in [0.5, 0.6) is 0 Å². The lowest BCUT2D eigenvalue weighted by Crippen LogP contribution is -2.21. The second-order valence-electron chi connectivity index (χ2n) is 5.29. The van der Waals surface area contributed by atoms with Crippen LogP contribution in [0.1, 0.15) is 25.0 Å². The van der Waals surface area contributed by atoms with Crippen LogP contribution in [0.15, 0.2) is 65.3 Å². The zero-order valence-electron chi connectivity index (χ0n) is 12.8. The maximum Gasteiger partial charge on any atom is 0.280 e. The van der Waals surface area contributed by atoms with E-state index in [1.54, 1.807) is 0 Å². The first-order valence-electron chi connectivity index (χ1n) is 7.45. The lowest BCUT2D eigenvalue weighted by atomic mass is 10.0. The van der Waals surface area contributed by atoms with Gasteiger partial charge in [-0.3, -0.25) is 4.79 Å². The van der Waals surface area contributed by atoms with Crippen LogP contribution in [0.3, 0.4) is 0 Å². The summed E-state index contributed by atoms with van der Waals surface area (Å²) in [6, 6.07) is 17.8. The van der Waals surface area contributed by atoms with Crippen LogP contribution in [-0.2, 0) is 11.2 Å². The Morgan fingerprint density at radius 2 is 1.73 bits per heavy atom. The van der Waals surface area contributed by atoms with Crippen LogP contribution < -0.4 is 5.01 Å². The summed E-state index contributed by atoms with van der Waals surface area (Å²) in [6.45, 7) is 4.00. The van der Waals surface area contributed by atoms with Crippen LogP contribution in [-0.4, -0.2) is 11.6 Å². The molecule has 2 aromatic carbocycles. The quantitative estimate of drug-likeness (QED) is 0.785. The first kappa shape index (κ1) is 14.3. The number of aryl methyl sites for hydroxylation is 1. The Morgan fingerprint density at radius 3 is 2.36 bits per heavy atom. The first-order chi connectivity index (χ1) is 10.7. The number of hydrogen-bond donors (Lipinski definition) is 0. The number of amides is 1. The van der Waals surface area contributed by atoms with Crippen LogP contribution in [0.25, 0.3) is 6.08 Å². The number of anilines is 1. The Labute approximate surface area is 130 Å². The maximum atomic E-state index is 12.6. The van der Waals surface area contributed by atoms with Gasteiger partial charge in [0.2, 0.25) is 0 Å². The molecule has 3 nitrogen and oxygen atoms in total.